The molecule has 0 unspecified atom stereocenters. The summed E-state index contributed by atoms with van der Waals surface area (Å²) in [5.41, 5.74) is 0.988. The smallest absolute Gasteiger partial charge is 0.129 e. The molecule has 3 nitrogen and oxygen atoms in total. The molecule has 0 fully saturated rings. The van der Waals surface area contributed by atoms with Gasteiger partial charge in [-0.25, -0.2) is 0 Å². The van der Waals surface area contributed by atoms with Crippen LogP contribution >= 0.6 is 11.6 Å². The van der Waals surface area contributed by atoms with E-state index in [-0.39, 0.29) is 0 Å². The molecular weight excluding hydrogens is 274 g/mol. The molecule has 0 radical (unpaired) electrons. The molecule has 1 N–H and O–H groups in total. The van der Waals surface area contributed by atoms with Gasteiger partial charge >= 0.3 is 0 Å². The van der Waals surface area contributed by atoms with Crippen molar-refractivity contribution in [2.45, 2.75) is 39.6 Å². The van der Waals surface area contributed by atoms with E-state index in [0.717, 1.165) is 28.7 Å². The van der Waals surface area contributed by atoms with Crippen LogP contribution in [0.4, 0.5) is 0 Å². The lowest BCUT2D eigenvalue weighted by atomic mass is 10.2. The number of hydrogen-bond donors (Lipinski definition) is 1. The van der Waals surface area contributed by atoms with Gasteiger partial charge in [0.15, 0.2) is 0 Å². The Kier molecular flexibility index (Phi) is 5.65. The van der Waals surface area contributed by atoms with Crippen molar-refractivity contribution in [3.8, 4) is 0 Å². The number of halogens is 1. The highest BCUT2D eigenvalue weighted by Crippen LogP contribution is 2.17. The second kappa shape index (κ2) is 7.48. The Morgan fingerprint density at radius 2 is 1.85 bits per heavy atom. The zero-order valence-corrected chi connectivity index (χ0v) is 12.6. The number of furan rings is 1. The minimum absolute atomic E-state index is 0.444. The highest BCUT2D eigenvalue weighted by atomic mass is 35.5. The fourth-order valence-electron chi connectivity index (χ4n) is 1.78. The van der Waals surface area contributed by atoms with E-state index in [4.69, 9.17) is 20.8 Å². The molecule has 0 aliphatic rings. The number of nitrogens with one attached hydrogen (secondary N) is 1. The van der Waals surface area contributed by atoms with Crippen LogP contribution in [0.1, 0.15) is 30.9 Å². The molecule has 108 valence electrons. The summed E-state index contributed by atoms with van der Waals surface area (Å²) in [5.74, 6) is 1.76. The summed E-state index contributed by atoms with van der Waals surface area (Å²) in [6.45, 7) is 5.89. The van der Waals surface area contributed by atoms with E-state index in [1.165, 1.54) is 0 Å². The summed E-state index contributed by atoms with van der Waals surface area (Å²) in [4.78, 5) is 0. The normalized spacial score (nSPS) is 11.2. The molecule has 0 saturated carbocycles. The molecule has 1 heterocycles. The fraction of sp³-hybridized carbons (Fsp3) is 0.375. The van der Waals surface area contributed by atoms with Crippen molar-refractivity contribution in [3.05, 3.63) is 58.5 Å². The average Bonchev–Trinajstić information content (AvgIpc) is 2.87. The van der Waals surface area contributed by atoms with Gasteiger partial charge in [-0.15, -0.1) is 0 Å². The van der Waals surface area contributed by atoms with Crippen LogP contribution in [0.2, 0.25) is 5.02 Å². The maximum absolute atomic E-state index is 6.07. The first-order valence-corrected chi connectivity index (χ1v) is 7.15. The van der Waals surface area contributed by atoms with E-state index < -0.39 is 0 Å². The second-order valence-corrected chi connectivity index (χ2v) is 5.40. The van der Waals surface area contributed by atoms with Gasteiger partial charge in [-0.2, -0.15) is 0 Å². The van der Waals surface area contributed by atoms with Crippen LogP contribution in [0.5, 0.6) is 0 Å². The van der Waals surface area contributed by atoms with Gasteiger partial charge in [0.25, 0.3) is 0 Å². The number of benzene rings is 1. The summed E-state index contributed by atoms with van der Waals surface area (Å²) in [5, 5.41) is 4.04. The van der Waals surface area contributed by atoms with Crippen LogP contribution in [-0.4, -0.2) is 6.04 Å². The molecule has 4 heteroatoms. The first-order chi connectivity index (χ1) is 9.65. The molecule has 2 rings (SSSR count). The van der Waals surface area contributed by atoms with Crippen molar-refractivity contribution in [1.82, 2.24) is 5.32 Å². The number of hydrogen-bond acceptors (Lipinski definition) is 3. The summed E-state index contributed by atoms with van der Waals surface area (Å²) >= 11 is 6.07. The third-order valence-corrected chi connectivity index (χ3v) is 3.23. The highest BCUT2D eigenvalue weighted by Gasteiger charge is 2.04. The van der Waals surface area contributed by atoms with Gasteiger partial charge in [0.05, 0.1) is 13.2 Å². The third kappa shape index (κ3) is 4.67. The Balaban J connectivity index is 1.78. The number of ether oxygens (including phenoxy) is 1. The zero-order chi connectivity index (χ0) is 14.4. The average molecular weight is 294 g/mol. The standard InChI is InChI=1S/C16H20ClNO2/c1-12(2)18-9-14-7-8-15(20-14)11-19-10-13-5-3-4-6-16(13)17/h3-8,12,18H,9-11H2,1-2H3. The van der Waals surface area contributed by atoms with Gasteiger partial charge in [0.2, 0.25) is 0 Å². The molecule has 0 aliphatic heterocycles. The van der Waals surface area contributed by atoms with E-state index in [9.17, 15) is 0 Å². The van der Waals surface area contributed by atoms with Gasteiger partial charge < -0.3 is 14.5 Å². The fourth-order valence-corrected chi connectivity index (χ4v) is 1.97. The van der Waals surface area contributed by atoms with Crippen LogP contribution in [0.25, 0.3) is 0 Å². The molecule has 0 atom stereocenters. The highest BCUT2D eigenvalue weighted by molar-refractivity contribution is 6.31. The Morgan fingerprint density at radius 3 is 2.60 bits per heavy atom. The molecule has 0 saturated heterocycles. The maximum Gasteiger partial charge on any atom is 0.129 e. The van der Waals surface area contributed by atoms with E-state index in [2.05, 4.69) is 19.2 Å². The van der Waals surface area contributed by atoms with Crippen molar-refractivity contribution >= 4 is 11.6 Å². The van der Waals surface area contributed by atoms with Crippen molar-refractivity contribution in [1.29, 1.82) is 0 Å². The van der Waals surface area contributed by atoms with Crippen LogP contribution in [0, 0.1) is 0 Å². The van der Waals surface area contributed by atoms with E-state index in [1.54, 1.807) is 0 Å². The third-order valence-electron chi connectivity index (χ3n) is 2.86. The van der Waals surface area contributed by atoms with Crippen LogP contribution < -0.4 is 5.32 Å². The van der Waals surface area contributed by atoms with E-state index in [0.29, 0.717) is 19.3 Å². The first kappa shape index (κ1) is 15.1. The molecule has 2 aromatic rings. The quantitative estimate of drug-likeness (QED) is 0.833. The Labute approximate surface area is 124 Å². The molecule has 1 aromatic heterocycles. The van der Waals surface area contributed by atoms with Crippen LogP contribution in [0.15, 0.2) is 40.8 Å². The molecule has 20 heavy (non-hydrogen) atoms. The van der Waals surface area contributed by atoms with Gasteiger partial charge in [-0.3, -0.25) is 0 Å². The molecule has 0 amide bonds. The van der Waals surface area contributed by atoms with Gasteiger partial charge in [0, 0.05) is 11.1 Å². The largest absolute Gasteiger partial charge is 0.462 e. The SMILES string of the molecule is CC(C)NCc1ccc(COCc2ccccc2Cl)o1. The van der Waals surface area contributed by atoms with Crippen LogP contribution in [-0.2, 0) is 24.5 Å². The zero-order valence-electron chi connectivity index (χ0n) is 11.9. The Bertz CT molecular complexity index is 537. The molecule has 0 spiro atoms. The molecular formula is C16H20ClNO2. The second-order valence-electron chi connectivity index (χ2n) is 4.99. The molecule has 0 bridgehead atoms. The summed E-state index contributed by atoms with van der Waals surface area (Å²) in [6.07, 6.45) is 0. The van der Waals surface area contributed by atoms with Gasteiger partial charge in [-0.1, -0.05) is 43.6 Å². The Hall–Kier alpha value is -1.29. The predicted molar refractivity (Wildman–Crippen MR) is 80.6 cm³/mol. The van der Waals surface area contributed by atoms with E-state index in [1.807, 2.05) is 36.4 Å². The van der Waals surface area contributed by atoms with Crippen LogP contribution in [0.3, 0.4) is 0 Å². The Morgan fingerprint density at radius 1 is 1.10 bits per heavy atom. The topological polar surface area (TPSA) is 34.4 Å². The molecule has 0 aliphatic carbocycles. The number of rotatable bonds is 7. The van der Waals surface area contributed by atoms with Crippen molar-refractivity contribution in [3.63, 3.8) is 0 Å². The minimum Gasteiger partial charge on any atom is -0.462 e. The van der Waals surface area contributed by atoms with Gasteiger partial charge in [0.1, 0.15) is 18.1 Å². The monoisotopic (exact) mass is 293 g/mol. The van der Waals surface area contributed by atoms with Crippen molar-refractivity contribution in [2.24, 2.45) is 0 Å². The minimum atomic E-state index is 0.444. The van der Waals surface area contributed by atoms with Crippen molar-refractivity contribution < 1.29 is 9.15 Å². The lowest BCUT2D eigenvalue weighted by molar-refractivity contribution is 0.0920. The summed E-state index contributed by atoms with van der Waals surface area (Å²) in [6, 6.07) is 12.1. The lowest BCUT2D eigenvalue weighted by Crippen LogP contribution is -2.21. The van der Waals surface area contributed by atoms with E-state index >= 15 is 0 Å². The van der Waals surface area contributed by atoms with Gasteiger partial charge in [-0.05, 0) is 23.8 Å². The van der Waals surface area contributed by atoms with Crippen molar-refractivity contribution in [2.75, 3.05) is 0 Å². The predicted octanol–water partition coefficient (Wildman–Crippen LogP) is 4.15. The molecule has 1 aromatic carbocycles. The lowest BCUT2D eigenvalue weighted by Gasteiger charge is -2.06. The first-order valence-electron chi connectivity index (χ1n) is 6.77. The summed E-state index contributed by atoms with van der Waals surface area (Å²) in [7, 11) is 0. The summed E-state index contributed by atoms with van der Waals surface area (Å²) < 4.78 is 11.3. The maximum atomic E-state index is 6.07.